The molecule has 0 aliphatic heterocycles. The van der Waals surface area contributed by atoms with Crippen molar-refractivity contribution in [3.8, 4) is 0 Å². The SMILES string of the molecule is C=CC1CCC(O)(C(=C)/C(F)=C(/F)CCC)CC1. The van der Waals surface area contributed by atoms with Gasteiger partial charge in [-0.2, -0.15) is 0 Å². The zero-order valence-electron chi connectivity index (χ0n) is 11.0. The van der Waals surface area contributed by atoms with Crippen molar-refractivity contribution in [3.63, 3.8) is 0 Å². The van der Waals surface area contributed by atoms with Crippen LogP contribution in [0.3, 0.4) is 0 Å². The lowest BCUT2D eigenvalue weighted by Gasteiger charge is -2.36. The molecule has 18 heavy (non-hydrogen) atoms. The maximum atomic E-state index is 13.8. The molecule has 0 radical (unpaired) electrons. The summed E-state index contributed by atoms with van der Waals surface area (Å²) in [5.74, 6) is -1.41. The standard InChI is InChI=1S/C15H22F2O/c1-4-6-13(16)14(17)11(3)15(18)9-7-12(5-2)8-10-15/h5,12,18H,2-4,6-10H2,1H3/b14-13-. The number of rotatable bonds is 5. The van der Waals surface area contributed by atoms with Crippen LogP contribution in [0.2, 0.25) is 0 Å². The van der Waals surface area contributed by atoms with Gasteiger partial charge in [0.25, 0.3) is 0 Å². The van der Waals surface area contributed by atoms with Crippen molar-refractivity contribution >= 4 is 0 Å². The van der Waals surface area contributed by atoms with Gasteiger partial charge in [0.1, 0.15) is 5.83 Å². The lowest BCUT2D eigenvalue weighted by molar-refractivity contribution is 0.0301. The van der Waals surface area contributed by atoms with Gasteiger partial charge in [-0.15, -0.1) is 6.58 Å². The normalized spacial score (nSPS) is 29.7. The van der Waals surface area contributed by atoms with Gasteiger partial charge in [-0.25, -0.2) is 8.78 Å². The molecule has 0 saturated heterocycles. The first kappa shape index (κ1) is 15.1. The Labute approximate surface area is 108 Å². The van der Waals surface area contributed by atoms with Crippen LogP contribution in [0.4, 0.5) is 8.78 Å². The predicted molar refractivity (Wildman–Crippen MR) is 70.4 cm³/mol. The van der Waals surface area contributed by atoms with E-state index in [2.05, 4.69) is 13.2 Å². The van der Waals surface area contributed by atoms with E-state index in [1.54, 1.807) is 6.92 Å². The fourth-order valence-corrected chi connectivity index (χ4v) is 2.35. The van der Waals surface area contributed by atoms with Crippen molar-refractivity contribution in [2.45, 2.75) is 51.0 Å². The summed E-state index contributed by atoms with van der Waals surface area (Å²) in [4.78, 5) is 0. The van der Waals surface area contributed by atoms with E-state index < -0.39 is 17.3 Å². The molecule has 0 spiro atoms. The third kappa shape index (κ3) is 3.29. The van der Waals surface area contributed by atoms with Crippen molar-refractivity contribution in [1.82, 2.24) is 0 Å². The van der Waals surface area contributed by atoms with E-state index in [9.17, 15) is 13.9 Å². The first-order valence-electron chi connectivity index (χ1n) is 6.53. The first-order chi connectivity index (χ1) is 8.44. The Balaban J connectivity index is 2.78. The maximum Gasteiger partial charge on any atom is 0.160 e. The lowest BCUT2D eigenvalue weighted by atomic mass is 9.75. The fraction of sp³-hybridized carbons (Fsp3) is 0.600. The van der Waals surface area contributed by atoms with E-state index in [1.807, 2.05) is 6.08 Å². The van der Waals surface area contributed by atoms with E-state index in [0.29, 0.717) is 25.2 Å². The summed E-state index contributed by atoms with van der Waals surface area (Å²) in [6.07, 6.45) is 4.74. The third-order valence-electron chi connectivity index (χ3n) is 3.73. The molecule has 0 aromatic heterocycles. The van der Waals surface area contributed by atoms with E-state index in [1.165, 1.54) is 0 Å². The number of aliphatic hydroxyl groups is 1. The molecule has 102 valence electrons. The minimum atomic E-state index is -1.30. The quantitative estimate of drug-likeness (QED) is 0.563. The van der Waals surface area contributed by atoms with Gasteiger partial charge in [0.05, 0.1) is 5.60 Å². The number of hydrogen-bond acceptors (Lipinski definition) is 1. The second-order valence-electron chi connectivity index (χ2n) is 5.05. The fourth-order valence-electron chi connectivity index (χ4n) is 2.35. The molecule has 1 fully saturated rings. The highest BCUT2D eigenvalue weighted by Crippen LogP contribution is 2.40. The minimum absolute atomic E-state index is 0.0518. The number of allylic oxidation sites excluding steroid dienone is 2. The summed E-state index contributed by atoms with van der Waals surface area (Å²) < 4.78 is 27.2. The van der Waals surface area contributed by atoms with Crippen molar-refractivity contribution in [3.05, 3.63) is 36.5 Å². The summed E-state index contributed by atoms with van der Waals surface area (Å²) >= 11 is 0. The van der Waals surface area contributed by atoms with Gasteiger partial charge >= 0.3 is 0 Å². The Morgan fingerprint density at radius 1 is 1.39 bits per heavy atom. The van der Waals surface area contributed by atoms with Crippen LogP contribution >= 0.6 is 0 Å². The molecule has 0 heterocycles. The van der Waals surface area contributed by atoms with E-state index in [0.717, 1.165) is 12.8 Å². The zero-order chi connectivity index (χ0) is 13.8. The van der Waals surface area contributed by atoms with Crippen LogP contribution in [0.1, 0.15) is 45.4 Å². The van der Waals surface area contributed by atoms with Crippen LogP contribution in [0, 0.1) is 5.92 Å². The van der Waals surface area contributed by atoms with Crippen LogP contribution in [-0.2, 0) is 0 Å². The molecule has 1 N–H and O–H groups in total. The average Bonchev–Trinajstić information content (AvgIpc) is 2.38. The Morgan fingerprint density at radius 2 is 1.94 bits per heavy atom. The summed E-state index contributed by atoms with van der Waals surface area (Å²) in [6, 6.07) is 0. The molecule has 0 aromatic carbocycles. The van der Waals surface area contributed by atoms with Gasteiger partial charge in [0.2, 0.25) is 0 Å². The summed E-state index contributed by atoms with van der Waals surface area (Å²) in [6.45, 7) is 9.05. The summed E-state index contributed by atoms with van der Waals surface area (Å²) in [7, 11) is 0. The van der Waals surface area contributed by atoms with Crippen LogP contribution in [0.25, 0.3) is 0 Å². The largest absolute Gasteiger partial charge is 0.385 e. The molecule has 1 aliphatic carbocycles. The molecule has 1 nitrogen and oxygen atoms in total. The molecule has 1 aliphatic rings. The molecular weight excluding hydrogens is 234 g/mol. The highest BCUT2D eigenvalue weighted by Gasteiger charge is 2.37. The molecule has 3 heteroatoms. The maximum absolute atomic E-state index is 13.8. The average molecular weight is 256 g/mol. The minimum Gasteiger partial charge on any atom is -0.385 e. The summed E-state index contributed by atoms with van der Waals surface area (Å²) in [5, 5.41) is 10.4. The Kier molecular flexibility index (Phi) is 5.27. The van der Waals surface area contributed by atoms with Crippen molar-refractivity contribution < 1.29 is 13.9 Å². The van der Waals surface area contributed by atoms with Crippen molar-refractivity contribution in [2.24, 2.45) is 5.92 Å². The van der Waals surface area contributed by atoms with Gasteiger partial charge < -0.3 is 5.11 Å². The Morgan fingerprint density at radius 3 is 2.39 bits per heavy atom. The lowest BCUT2D eigenvalue weighted by Crippen LogP contribution is -2.35. The van der Waals surface area contributed by atoms with Crippen LogP contribution in [-0.4, -0.2) is 10.7 Å². The molecule has 0 unspecified atom stereocenters. The molecule has 0 bridgehead atoms. The van der Waals surface area contributed by atoms with Gasteiger partial charge in [-0.3, -0.25) is 0 Å². The van der Waals surface area contributed by atoms with Gasteiger partial charge in [-0.05, 0) is 38.0 Å². The second-order valence-corrected chi connectivity index (χ2v) is 5.05. The van der Waals surface area contributed by atoms with E-state index >= 15 is 0 Å². The van der Waals surface area contributed by atoms with Crippen LogP contribution in [0.15, 0.2) is 36.5 Å². The second kappa shape index (κ2) is 6.28. The van der Waals surface area contributed by atoms with Gasteiger partial charge in [0, 0.05) is 12.0 Å². The predicted octanol–water partition coefficient (Wildman–Crippen LogP) is 4.60. The van der Waals surface area contributed by atoms with Crippen LogP contribution in [0.5, 0.6) is 0 Å². The third-order valence-corrected chi connectivity index (χ3v) is 3.73. The molecule has 0 atom stereocenters. The van der Waals surface area contributed by atoms with Crippen molar-refractivity contribution in [2.75, 3.05) is 0 Å². The molecule has 1 saturated carbocycles. The summed E-state index contributed by atoms with van der Waals surface area (Å²) in [5.41, 5.74) is -1.40. The van der Waals surface area contributed by atoms with Gasteiger partial charge in [0.15, 0.2) is 5.83 Å². The number of halogens is 2. The Bertz CT molecular complexity index is 350. The molecule has 0 aromatic rings. The highest BCUT2D eigenvalue weighted by molar-refractivity contribution is 5.33. The Hall–Kier alpha value is -0.960. The highest BCUT2D eigenvalue weighted by atomic mass is 19.2. The molecular formula is C15H22F2O. The zero-order valence-corrected chi connectivity index (χ0v) is 11.0. The number of hydrogen-bond donors (Lipinski definition) is 1. The van der Waals surface area contributed by atoms with E-state index in [-0.39, 0.29) is 12.0 Å². The first-order valence-corrected chi connectivity index (χ1v) is 6.53. The smallest absolute Gasteiger partial charge is 0.160 e. The van der Waals surface area contributed by atoms with Crippen molar-refractivity contribution in [1.29, 1.82) is 0 Å². The van der Waals surface area contributed by atoms with E-state index in [4.69, 9.17) is 0 Å². The monoisotopic (exact) mass is 256 g/mol. The molecule has 1 rings (SSSR count). The van der Waals surface area contributed by atoms with Gasteiger partial charge in [-0.1, -0.05) is 19.6 Å². The topological polar surface area (TPSA) is 20.2 Å². The van der Waals surface area contributed by atoms with Crippen LogP contribution < -0.4 is 0 Å². The molecule has 0 amide bonds.